The molecule has 7 nitrogen and oxygen atoms in total. The Bertz CT molecular complexity index is 1360. The minimum atomic E-state index is -0.443. The number of hydrogen-bond donors (Lipinski definition) is 0. The summed E-state index contributed by atoms with van der Waals surface area (Å²) in [5.74, 6) is -0.876. The number of esters is 2. The van der Waals surface area contributed by atoms with Gasteiger partial charge >= 0.3 is 11.9 Å². The average Bonchev–Trinajstić information content (AvgIpc) is 3.20. The molecule has 0 saturated heterocycles. The number of benzene rings is 3. The number of ether oxygens (including phenoxy) is 3. The van der Waals surface area contributed by atoms with Crippen LogP contribution in [0.1, 0.15) is 33.2 Å². The second kappa shape index (κ2) is 9.97. The molecule has 0 aliphatic heterocycles. The van der Waals surface area contributed by atoms with E-state index in [1.165, 1.54) is 14.2 Å². The maximum Gasteiger partial charge on any atom is 0.340 e. The van der Waals surface area contributed by atoms with Crippen molar-refractivity contribution >= 4 is 34.6 Å². The molecule has 0 fully saturated rings. The molecule has 0 aliphatic rings. The van der Waals surface area contributed by atoms with Crippen LogP contribution in [0.4, 0.5) is 0 Å². The molecule has 1 heterocycles. The molecule has 0 amide bonds. The number of nitrogens with zero attached hydrogens (tertiary/aromatic N) is 2. The monoisotopic (exact) mass is 478 g/mol. The third kappa shape index (κ3) is 4.47. The first-order chi connectivity index (χ1) is 16.5. The highest BCUT2D eigenvalue weighted by Crippen LogP contribution is 2.30. The molecule has 174 valence electrons. The Morgan fingerprint density at radius 3 is 2.32 bits per heavy atom. The summed E-state index contributed by atoms with van der Waals surface area (Å²) in [5, 5.41) is 0.522. The fraction of sp³-hybridized carbons (Fsp3) is 0.192. The van der Waals surface area contributed by atoms with Crippen molar-refractivity contribution in [3.05, 3.63) is 82.4 Å². The van der Waals surface area contributed by atoms with Gasteiger partial charge in [-0.1, -0.05) is 41.9 Å². The van der Waals surface area contributed by atoms with Gasteiger partial charge in [0.15, 0.2) is 0 Å². The zero-order valence-corrected chi connectivity index (χ0v) is 19.8. The van der Waals surface area contributed by atoms with Crippen LogP contribution in [0.3, 0.4) is 0 Å². The van der Waals surface area contributed by atoms with E-state index in [0.29, 0.717) is 51.9 Å². The summed E-state index contributed by atoms with van der Waals surface area (Å²) in [4.78, 5) is 29.2. The highest BCUT2D eigenvalue weighted by molar-refractivity contribution is 6.31. The van der Waals surface area contributed by atoms with Crippen LogP contribution in [0.15, 0.2) is 60.7 Å². The van der Waals surface area contributed by atoms with Gasteiger partial charge in [-0.05, 0) is 53.9 Å². The van der Waals surface area contributed by atoms with Crippen LogP contribution in [0.2, 0.25) is 5.02 Å². The fourth-order valence-corrected chi connectivity index (χ4v) is 4.01. The van der Waals surface area contributed by atoms with Crippen molar-refractivity contribution in [2.75, 3.05) is 20.8 Å². The van der Waals surface area contributed by atoms with Crippen molar-refractivity contribution in [3.63, 3.8) is 0 Å². The zero-order valence-electron chi connectivity index (χ0n) is 19.0. The van der Waals surface area contributed by atoms with Crippen LogP contribution in [0.5, 0.6) is 6.01 Å². The van der Waals surface area contributed by atoms with E-state index in [0.717, 1.165) is 11.1 Å². The molecular formula is C26H23ClN2O5. The van der Waals surface area contributed by atoms with Gasteiger partial charge in [0.05, 0.1) is 49.5 Å². The van der Waals surface area contributed by atoms with Crippen molar-refractivity contribution in [1.29, 1.82) is 0 Å². The summed E-state index contributed by atoms with van der Waals surface area (Å²) in [6.07, 6.45) is 0. The van der Waals surface area contributed by atoms with E-state index in [2.05, 4.69) is 4.98 Å². The van der Waals surface area contributed by atoms with Gasteiger partial charge in [-0.2, -0.15) is 4.98 Å². The third-order valence-corrected chi connectivity index (χ3v) is 5.64. The first-order valence-corrected chi connectivity index (χ1v) is 11.0. The van der Waals surface area contributed by atoms with E-state index < -0.39 is 11.9 Å². The van der Waals surface area contributed by atoms with Crippen molar-refractivity contribution < 1.29 is 23.8 Å². The zero-order chi connectivity index (χ0) is 24.2. The molecule has 34 heavy (non-hydrogen) atoms. The van der Waals surface area contributed by atoms with Gasteiger partial charge in [-0.25, -0.2) is 9.59 Å². The quantitative estimate of drug-likeness (QED) is 0.332. The maximum absolute atomic E-state index is 12.4. The SMILES string of the molecule is CCOc1nc2cccc(C(=O)OC)c2n1Cc1ccc(-c2cc(Cl)ccc2C(=O)OC)cc1. The van der Waals surface area contributed by atoms with E-state index in [-0.39, 0.29) is 0 Å². The summed E-state index contributed by atoms with van der Waals surface area (Å²) < 4.78 is 17.5. The predicted molar refractivity (Wildman–Crippen MR) is 130 cm³/mol. The fourth-order valence-electron chi connectivity index (χ4n) is 3.84. The van der Waals surface area contributed by atoms with Gasteiger partial charge in [0.25, 0.3) is 6.01 Å². The van der Waals surface area contributed by atoms with Crippen molar-refractivity contribution in [2.45, 2.75) is 13.5 Å². The van der Waals surface area contributed by atoms with Crippen molar-refractivity contribution in [1.82, 2.24) is 9.55 Å². The molecule has 0 saturated carbocycles. The lowest BCUT2D eigenvalue weighted by Crippen LogP contribution is -2.09. The number of imidazole rings is 1. The summed E-state index contributed by atoms with van der Waals surface area (Å²) in [7, 11) is 2.69. The minimum absolute atomic E-state index is 0.414. The molecule has 0 spiro atoms. The van der Waals surface area contributed by atoms with Crippen molar-refractivity contribution in [2.24, 2.45) is 0 Å². The number of rotatable bonds is 7. The Morgan fingerprint density at radius 1 is 0.941 bits per heavy atom. The summed E-state index contributed by atoms with van der Waals surface area (Å²) in [6.45, 7) is 2.73. The number of methoxy groups -OCH3 is 2. The number of halogens is 1. The highest BCUT2D eigenvalue weighted by Gasteiger charge is 2.20. The Labute approximate surface area is 201 Å². The van der Waals surface area contributed by atoms with Gasteiger partial charge in [0.1, 0.15) is 0 Å². The van der Waals surface area contributed by atoms with E-state index in [9.17, 15) is 9.59 Å². The van der Waals surface area contributed by atoms with Gasteiger partial charge in [-0.15, -0.1) is 0 Å². The summed E-state index contributed by atoms with van der Waals surface area (Å²) in [5.41, 5.74) is 4.59. The Balaban J connectivity index is 1.75. The molecule has 8 heteroatoms. The lowest BCUT2D eigenvalue weighted by Gasteiger charge is -2.13. The van der Waals surface area contributed by atoms with Crippen molar-refractivity contribution in [3.8, 4) is 17.1 Å². The summed E-state index contributed by atoms with van der Waals surface area (Å²) in [6, 6.07) is 18.5. The third-order valence-electron chi connectivity index (χ3n) is 5.40. The minimum Gasteiger partial charge on any atom is -0.465 e. The first-order valence-electron chi connectivity index (χ1n) is 10.6. The molecule has 3 aromatic carbocycles. The van der Waals surface area contributed by atoms with Crippen LogP contribution < -0.4 is 4.74 Å². The largest absolute Gasteiger partial charge is 0.465 e. The normalized spacial score (nSPS) is 10.8. The molecule has 0 bridgehead atoms. The Kier molecular flexibility index (Phi) is 6.84. The molecule has 0 atom stereocenters. The number of para-hydroxylation sites is 1. The topological polar surface area (TPSA) is 79.7 Å². The number of fused-ring (bicyclic) bond motifs is 1. The second-order valence-electron chi connectivity index (χ2n) is 7.46. The number of hydrogen-bond acceptors (Lipinski definition) is 6. The number of carbonyl (C=O) groups is 2. The first kappa shape index (κ1) is 23.3. The van der Waals surface area contributed by atoms with E-state index in [1.807, 2.05) is 41.8 Å². The maximum atomic E-state index is 12.4. The number of aromatic nitrogens is 2. The molecule has 4 aromatic rings. The standard InChI is InChI=1S/C26H23ClN2O5/c1-4-34-26-28-22-7-5-6-20(25(31)33-3)23(22)29(26)15-16-8-10-17(11-9-16)21-14-18(27)12-13-19(21)24(30)32-2/h5-14H,4,15H2,1-3H3. The molecule has 0 radical (unpaired) electrons. The molecule has 4 rings (SSSR count). The van der Waals surface area contributed by atoms with Gasteiger partial charge in [0, 0.05) is 5.02 Å². The molecule has 1 aromatic heterocycles. The number of carbonyl (C=O) groups excluding carboxylic acids is 2. The van der Waals surface area contributed by atoms with Crippen LogP contribution >= 0.6 is 11.6 Å². The molecule has 0 aliphatic carbocycles. The van der Waals surface area contributed by atoms with Gasteiger partial charge in [-0.3, -0.25) is 4.57 Å². The average molecular weight is 479 g/mol. The second-order valence-corrected chi connectivity index (χ2v) is 7.89. The Morgan fingerprint density at radius 2 is 1.65 bits per heavy atom. The van der Waals surface area contributed by atoms with E-state index >= 15 is 0 Å². The molecule has 0 N–H and O–H groups in total. The van der Waals surface area contributed by atoms with Crippen LogP contribution in [0.25, 0.3) is 22.2 Å². The van der Waals surface area contributed by atoms with Crippen LogP contribution in [-0.4, -0.2) is 42.3 Å². The van der Waals surface area contributed by atoms with Crippen LogP contribution in [0, 0.1) is 0 Å². The Hall–Kier alpha value is -3.84. The highest BCUT2D eigenvalue weighted by atomic mass is 35.5. The van der Waals surface area contributed by atoms with E-state index in [1.54, 1.807) is 30.3 Å². The lowest BCUT2D eigenvalue weighted by molar-refractivity contribution is 0.0593. The van der Waals surface area contributed by atoms with E-state index in [4.69, 9.17) is 25.8 Å². The predicted octanol–water partition coefficient (Wildman–Crippen LogP) is 5.38. The lowest BCUT2D eigenvalue weighted by atomic mass is 9.98. The smallest absolute Gasteiger partial charge is 0.340 e. The molecule has 0 unspecified atom stereocenters. The summed E-state index contributed by atoms with van der Waals surface area (Å²) >= 11 is 6.18. The van der Waals surface area contributed by atoms with Gasteiger partial charge < -0.3 is 14.2 Å². The van der Waals surface area contributed by atoms with Crippen LogP contribution in [-0.2, 0) is 16.0 Å². The van der Waals surface area contributed by atoms with Gasteiger partial charge in [0.2, 0.25) is 0 Å². The molecular weight excluding hydrogens is 456 g/mol.